The highest BCUT2D eigenvalue weighted by Gasteiger charge is 2.10. The van der Waals surface area contributed by atoms with Crippen molar-refractivity contribution in [2.75, 3.05) is 0 Å². The van der Waals surface area contributed by atoms with Crippen molar-refractivity contribution in [2.24, 2.45) is 0 Å². The molecule has 1 aromatic carbocycles. The Hall–Kier alpha value is -2.08. The lowest BCUT2D eigenvalue weighted by Crippen LogP contribution is -1.98. The van der Waals surface area contributed by atoms with Crippen molar-refractivity contribution in [1.29, 1.82) is 0 Å². The molecule has 0 aliphatic heterocycles. The Kier molecular flexibility index (Phi) is 3.31. The molecular weight excluding hydrogens is 328 g/mol. The van der Waals surface area contributed by atoms with Crippen LogP contribution in [0.5, 0.6) is 0 Å². The number of imidazole rings is 1. The van der Waals surface area contributed by atoms with Gasteiger partial charge in [0.25, 0.3) is 0 Å². The Balaban J connectivity index is 2.10. The number of hydrogen-bond acceptors (Lipinski definition) is 2. The van der Waals surface area contributed by atoms with Crippen LogP contribution in [0.2, 0.25) is 0 Å². The van der Waals surface area contributed by atoms with E-state index in [0.717, 1.165) is 16.6 Å². The van der Waals surface area contributed by atoms with Crippen molar-refractivity contribution in [2.45, 2.75) is 0 Å². The number of pyridine rings is 1. The summed E-state index contributed by atoms with van der Waals surface area (Å²) in [6.07, 6.45) is 4.81. The minimum atomic E-state index is -0.890. The van der Waals surface area contributed by atoms with Crippen molar-refractivity contribution in [3.05, 3.63) is 65.2 Å². The highest BCUT2D eigenvalue weighted by Crippen LogP contribution is 2.24. The predicted octanol–water partition coefficient (Wildman–Crippen LogP) is 3.98. The molecule has 3 aromatic rings. The summed E-state index contributed by atoms with van der Waals surface area (Å²) in [7, 11) is 0. The van der Waals surface area contributed by atoms with Crippen LogP contribution < -0.4 is 0 Å². The van der Waals surface area contributed by atoms with Gasteiger partial charge in [-0.3, -0.25) is 4.57 Å². The third kappa shape index (κ3) is 2.34. The molecule has 3 nitrogen and oxygen atoms in total. The van der Waals surface area contributed by atoms with Gasteiger partial charge < -0.3 is 0 Å². The molecule has 0 aliphatic carbocycles. The first-order chi connectivity index (χ1) is 9.65. The van der Waals surface area contributed by atoms with Crippen LogP contribution in [0.4, 0.5) is 8.78 Å². The van der Waals surface area contributed by atoms with Crippen molar-refractivity contribution in [3.63, 3.8) is 0 Å². The van der Waals surface area contributed by atoms with Gasteiger partial charge in [-0.25, -0.2) is 18.7 Å². The van der Waals surface area contributed by atoms with Gasteiger partial charge in [-0.2, -0.15) is 0 Å². The second-order valence-electron chi connectivity index (χ2n) is 4.11. The van der Waals surface area contributed by atoms with Crippen LogP contribution in [0.1, 0.15) is 0 Å². The van der Waals surface area contributed by atoms with Crippen molar-refractivity contribution in [1.82, 2.24) is 14.5 Å². The molecule has 0 atom stereocenters. The van der Waals surface area contributed by atoms with Crippen LogP contribution >= 0.6 is 15.9 Å². The van der Waals surface area contributed by atoms with Gasteiger partial charge in [0.1, 0.15) is 12.1 Å². The van der Waals surface area contributed by atoms with Gasteiger partial charge in [-0.15, -0.1) is 0 Å². The van der Waals surface area contributed by atoms with E-state index in [1.165, 1.54) is 6.07 Å². The zero-order valence-corrected chi connectivity index (χ0v) is 11.7. The molecule has 20 heavy (non-hydrogen) atoms. The van der Waals surface area contributed by atoms with Gasteiger partial charge in [0.15, 0.2) is 11.6 Å². The fraction of sp³-hybridized carbons (Fsp3) is 0. The van der Waals surface area contributed by atoms with Crippen LogP contribution in [0.25, 0.3) is 17.1 Å². The molecule has 2 heterocycles. The zero-order chi connectivity index (χ0) is 14.1. The molecule has 6 heteroatoms. The van der Waals surface area contributed by atoms with Crippen LogP contribution in [0.3, 0.4) is 0 Å². The smallest absolute Gasteiger partial charge is 0.159 e. The van der Waals surface area contributed by atoms with E-state index in [0.29, 0.717) is 17.1 Å². The minimum absolute atomic E-state index is 0.533. The van der Waals surface area contributed by atoms with E-state index in [2.05, 4.69) is 25.9 Å². The van der Waals surface area contributed by atoms with E-state index in [4.69, 9.17) is 0 Å². The van der Waals surface area contributed by atoms with E-state index in [9.17, 15) is 8.78 Å². The molecule has 0 fully saturated rings. The summed E-state index contributed by atoms with van der Waals surface area (Å²) in [4.78, 5) is 8.30. The molecule has 0 unspecified atom stereocenters. The number of hydrogen-bond donors (Lipinski definition) is 0. The van der Waals surface area contributed by atoms with E-state index in [1.807, 2.05) is 6.07 Å². The standard InChI is InChI=1S/C14H8BrF2N3/c15-10-2-4-14(19-6-10)20-8-18-7-13(20)9-1-3-11(16)12(17)5-9/h1-8H. The summed E-state index contributed by atoms with van der Waals surface area (Å²) in [6.45, 7) is 0. The maximum atomic E-state index is 13.3. The molecule has 0 amide bonds. The SMILES string of the molecule is Fc1ccc(-c2cncn2-c2ccc(Br)cn2)cc1F. The van der Waals surface area contributed by atoms with Crippen LogP contribution in [0.15, 0.2) is 53.5 Å². The zero-order valence-electron chi connectivity index (χ0n) is 10.1. The third-order valence-electron chi connectivity index (χ3n) is 2.81. The van der Waals surface area contributed by atoms with Crippen LogP contribution in [-0.2, 0) is 0 Å². The molecule has 0 aliphatic rings. The highest BCUT2D eigenvalue weighted by atomic mass is 79.9. The quantitative estimate of drug-likeness (QED) is 0.709. The molecular formula is C14H8BrF2N3. The Morgan fingerprint density at radius 3 is 2.55 bits per heavy atom. The van der Waals surface area contributed by atoms with Crippen molar-refractivity contribution in [3.8, 4) is 17.1 Å². The van der Waals surface area contributed by atoms with Crippen LogP contribution in [0, 0.1) is 11.6 Å². The number of benzene rings is 1. The van der Waals surface area contributed by atoms with Gasteiger partial charge in [0, 0.05) is 16.2 Å². The number of rotatable bonds is 2. The lowest BCUT2D eigenvalue weighted by Gasteiger charge is -2.07. The lowest BCUT2D eigenvalue weighted by atomic mass is 10.1. The normalized spacial score (nSPS) is 10.8. The monoisotopic (exact) mass is 335 g/mol. The molecule has 0 saturated heterocycles. The maximum absolute atomic E-state index is 13.3. The van der Waals surface area contributed by atoms with E-state index >= 15 is 0 Å². The first-order valence-corrected chi connectivity index (χ1v) is 6.54. The summed E-state index contributed by atoms with van der Waals surface area (Å²) in [6, 6.07) is 7.38. The average Bonchev–Trinajstić information content (AvgIpc) is 2.92. The molecule has 2 aromatic heterocycles. The third-order valence-corrected chi connectivity index (χ3v) is 3.28. The Bertz CT molecular complexity index is 753. The molecule has 100 valence electrons. The largest absolute Gasteiger partial charge is 0.283 e. The summed E-state index contributed by atoms with van der Waals surface area (Å²) in [5.41, 5.74) is 1.17. The fourth-order valence-electron chi connectivity index (χ4n) is 1.86. The highest BCUT2D eigenvalue weighted by molar-refractivity contribution is 9.10. The maximum Gasteiger partial charge on any atom is 0.159 e. The summed E-state index contributed by atoms with van der Waals surface area (Å²) in [5.74, 6) is -1.12. The van der Waals surface area contributed by atoms with E-state index in [-0.39, 0.29) is 0 Å². The number of nitrogens with zero attached hydrogens (tertiary/aromatic N) is 3. The second-order valence-corrected chi connectivity index (χ2v) is 5.03. The topological polar surface area (TPSA) is 30.7 Å². The molecule has 0 saturated carbocycles. The van der Waals surface area contributed by atoms with Gasteiger partial charge in [-0.1, -0.05) is 0 Å². The van der Waals surface area contributed by atoms with E-state index < -0.39 is 11.6 Å². The Labute approximate surface area is 122 Å². The van der Waals surface area contributed by atoms with Gasteiger partial charge >= 0.3 is 0 Å². The van der Waals surface area contributed by atoms with Crippen LogP contribution in [-0.4, -0.2) is 14.5 Å². The van der Waals surface area contributed by atoms with Crippen molar-refractivity contribution < 1.29 is 8.78 Å². The van der Waals surface area contributed by atoms with Gasteiger partial charge in [0.05, 0.1) is 11.9 Å². The van der Waals surface area contributed by atoms with Crippen molar-refractivity contribution >= 4 is 15.9 Å². The Morgan fingerprint density at radius 1 is 1.00 bits per heavy atom. The summed E-state index contributed by atoms with van der Waals surface area (Å²) in [5, 5.41) is 0. The second kappa shape index (κ2) is 5.13. The predicted molar refractivity (Wildman–Crippen MR) is 74.4 cm³/mol. The lowest BCUT2D eigenvalue weighted by molar-refractivity contribution is 0.509. The average molecular weight is 336 g/mol. The summed E-state index contributed by atoms with van der Waals surface area (Å²) < 4.78 is 28.9. The first-order valence-electron chi connectivity index (χ1n) is 5.75. The van der Waals surface area contributed by atoms with Gasteiger partial charge in [-0.05, 0) is 46.3 Å². The van der Waals surface area contributed by atoms with E-state index in [1.54, 1.807) is 29.4 Å². The first kappa shape index (κ1) is 12.9. The Morgan fingerprint density at radius 2 is 1.85 bits per heavy atom. The molecule has 0 N–H and O–H groups in total. The molecule has 0 spiro atoms. The fourth-order valence-corrected chi connectivity index (χ4v) is 2.09. The molecule has 3 rings (SSSR count). The van der Waals surface area contributed by atoms with Gasteiger partial charge in [0.2, 0.25) is 0 Å². The summed E-state index contributed by atoms with van der Waals surface area (Å²) >= 11 is 3.31. The number of halogens is 3. The number of aromatic nitrogens is 3. The molecule has 0 radical (unpaired) electrons. The molecule has 0 bridgehead atoms. The minimum Gasteiger partial charge on any atom is -0.283 e.